The number of amides is 1. The zero-order valence-electron chi connectivity index (χ0n) is 11.3. The number of carbonyl (C=O) groups is 1. The normalized spacial score (nSPS) is 30.9. The largest absolute Gasteiger partial charge is 0.353 e. The summed E-state index contributed by atoms with van der Waals surface area (Å²) >= 11 is 0. The first-order valence-corrected chi connectivity index (χ1v) is 9.38. The van der Waals surface area contributed by atoms with Gasteiger partial charge in [-0.25, -0.2) is 8.42 Å². The van der Waals surface area contributed by atoms with Gasteiger partial charge in [0.05, 0.1) is 17.4 Å². The number of rotatable bonds is 4. The molecule has 108 valence electrons. The lowest BCUT2D eigenvalue weighted by atomic mass is 9.68. The molecule has 0 unspecified atom stereocenters. The van der Waals surface area contributed by atoms with E-state index >= 15 is 0 Å². The fourth-order valence-corrected chi connectivity index (χ4v) is 5.24. The third kappa shape index (κ3) is 2.81. The molecule has 4 nitrogen and oxygen atoms in total. The topological polar surface area (TPSA) is 63.2 Å². The second-order valence-corrected chi connectivity index (χ2v) is 8.75. The van der Waals surface area contributed by atoms with E-state index in [1.807, 2.05) is 0 Å². The highest BCUT2D eigenvalue weighted by Gasteiger charge is 2.39. The van der Waals surface area contributed by atoms with E-state index in [4.69, 9.17) is 0 Å². The maximum atomic E-state index is 12.3. The van der Waals surface area contributed by atoms with Crippen LogP contribution in [0.5, 0.6) is 0 Å². The highest BCUT2D eigenvalue weighted by molar-refractivity contribution is 7.91. The molecule has 1 heterocycles. The first-order valence-electron chi connectivity index (χ1n) is 7.56. The van der Waals surface area contributed by atoms with Crippen molar-refractivity contribution in [3.05, 3.63) is 0 Å². The number of sulfone groups is 1. The van der Waals surface area contributed by atoms with Crippen molar-refractivity contribution >= 4 is 15.7 Å². The van der Waals surface area contributed by atoms with E-state index in [9.17, 15) is 13.2 Å². The Morgan fingerprint density at radius 3 is 1.95 bits per heavy atom. The molecule has 1 saturated heterocycles. The lowest BCUT2D eigenvalue weighted by Gasteiger charge is -2.43. The molecule has 3 rings (SSSR count). The Labute approximate surface area is 115 Å². The van der Waals surface area contributed by atoms with E-state index in [1.54, 1.807) is 0 Å². The molecule has 19 heavy (non-hydrogen) atoms. The Morgan fingerprint density at radius 1 is 1.00 bits per heavy atom. The predicted octanol–water partition coefficient (Wildman–Crippen LogP) is 1.51. The van der Waals surface area contributed by atoms with E-state index in [2.05, 4.69) is 5.32 Å². The molecular formula is C14H23NO3S. The molecule has 1 N–H and O–H groups in total. The molecular weight excluding hydrogens is 262 g/mol. The van der Waals surface area contributed by atoms with Crippen molar-refractivity contribution in [1.82, 2.24) is 5.32 Å². The number of hydrogen-bond acceptors (Lipinski definition) is 3. The Kier molecular flexibility index (Phi) is 3.58. The molecule has 1 atom stereocenters. The molecule has 0 spiro atoms. The minimum Gasteiger partial charge on any atom is -0.353 e. The van der Waals surface area contributed by atoms with Gasteiger partial charge in [-0.15, -0.1) is 0 Å². The molecule has 3 aliphatic rings. The van der Waals surface area contributed by atoms with Gasteiger partial charge in [0.1, 0.15) is 0 Å². The van der Waals surface area contributed by atoms with Crippen LogP contribution in [-0.4, -0.2) is 31.9 Å². The second-order valence-electron chi connectivity index (χ2n) is 6.52. The molecule has 0 aromatic rings. The average molecular weight is 285 g/mol. The standard InChI is InChI=1S/C14H23NO3S/c16-14(12-7-8-19(17,18)9-12)15-13(10-3-1-4-10)11-5-2-6-11/h10-13H,1-9H2,(H,15,16)/t12-/m0/s1. The van der Waals surface area contributed by atoms with Crippen LogP contribution < -0.4 is 5.32 Å². The Hall–Kier alpha value is -0.580. The van der Waals surface area contributed by atoms with Crippen molar-refractivity contribution in [1.29, 1.82) is 0 Å². The maximum absolute atomic E-state index is 12.3. The van der Waals surface area contributed by atoms with Gasteiger partial charge in [0.2, 0.25) is 5.91 Å². The maximum Gasteiger partial charge on any atom is 0.224 e. The fourth-order valence-electron chi connectivity index (χ4n) is 3.50. The van der Waals surface area contributed by atoms with Crippen molar-refractivity contribution in [2.75, 3.05) is 11.5 Å². The van der Waals surface area contributed by atoms with E-state index in [-0.39, 0.29) is 23.3 Å². The molecule has 2 aliphatic carbocycles. The first kappa shape index (κ1) is 13.4. The summed E-state index contributed by atoms with van der Waals surface area (Å²) < 4.78 is 22.9. The molecule has 0 aromatic heterocycles. The lowest BCUT2D eigenvalue weighted by molar-refractivity contribution is -0.126. The Morgan fingerprint density at radius 2 is 1.58 bits per heavy atom. The number of nitrogens with one attached hydrogen (secondary N) is 1. The van der Waals surface area contributed by atoms with Crippen molar-refractivity contribution in [3.8, 4) is 0 Å². The van der Waals surface area contributed by atoms with Gasteiger partial charge in [-0.2, -0.15) is 0 Å². The average Bonchev–Trinajstić information content (AvgIpc) is 2.53. The smallest absolute Gasteiger partial charge is 0.224 e. The third-order valence-corrected chi connectivity index (χ3v) is 7.00. The summed E-state index contributed by atoms with van der Waals surface area (Å²) in [5.74, 6) is 1.22. The fraction of sp³-hybridized carbons (Fsp3) is 0.929. The van der Waals surface area contributed by atoms with Gasteiger partial charge in [-0.05, 0) is 43.9 Å². The van der Waals surface area contributed by atoms with Crippen molar-refractivity contribution in [2.45, 2.75) is 51.0 Å². The number of hydrogen-bond donors (Lipinski definition) is 1. The van der Waals surface area contributed by atoms with Crippen LogP contribution in [0.15, 0.2) is 0 Å². The first-order chi connectivity index (χ1) is 9.05. The third-order valence-electron chi connectivity index (χ3n) is 5.23. The van der Waals surface area contributed by atoms with E-state index in [0.29, 0.717) is 24.3 Å². The lowest BCUT2D eigenvalue weighted by Crippen LogP contribution is -2.51. The zero-order valence-corrected chi connectivity index (χ0v) is 12.1. The van der Waals surface area contributed by atoms with Gasteiger partial charge < -0.3 is 5.32 Å². The van der Waals surface area contributed by atoms with Crippen LogP contribution >= 0.6 is 0 Å². The Bertz CT molecular complexity index is 437. The Balaban J connectivity index is 1.60. The van der Waals surface area contributed by atoms with Crippen molar-refractivity contribution in [2.24, 2.45) is 17.8 Å². The molecule has 0 bridgehead atoms. The molecule has 1 aliphatic heterocycles. The molecule has 2 saturated carbocycles. The zero-order chi connectivity index (χ0) is 13.5. The highest BCUT2D eigenvalue weighted by Crippen LogP contribution is 2.40. The summed E-state index contributed by atoms with van der Waals surface area (Å²) in [7, 11) is -2.96. The van der Waals surface area contributed by atoms with Gasteiger partial charge in [0.15, 0.2) is 9.84 Å². The predicted molar refractivity (Wildman–Crippen MR) is 73.4 cm³/mol. The van der Waals surface area contributed by atoms with Crippen LogP contribution in [0.25, 0.3) is 0 Å². The van der Waals surface area contributed by atoms with Crippen LogP contribution in [0.3, 0.4) is 0 Å². The molecule has 0 radical (unpaired) electrons. The molecule has 1 amide bonds. The monoisotopic (exact) mass is 285 g/mol. The van der Waals surface area contributed by atoms with Crippen LogP contribution in [0, 0.1) is 17.8 Å². The van der Waals surface area contributed by atoms with Crippen LogP contribution in [0.2, 0.25) is 0 Å². The van der Waals surface area contributed by atoms with Crippen LogP contribution in [-0.2, 0) is 14.6 Å². The SMILES string of the molecule is O=C(NC(C1CCC1)C1CCC1)[C@H]1CCS(=O)(=O)C1. The van der Waals surface area contributed by atoms with Crippen molar-refractivity contribution in [3.63, 3.8) is 0 Å². The summed E-state index contributed by atoms with van der Waals surface area (Å²) in [6, 6.07) is 0.318. The highest BCUT2D eigenvalue weighted by atomic mass is 32.2. The van der Waals surface area contributed by atoms with Crippen LogP contribution in [0.4, 0.5) is 0 Å². The van der Waals surface area contributed by atoms with Gasteiger partial charge >= 0.3 is 0 Å². The molecule has 0 aromatic carbocycles. The summed E-state index contributed by atoms with van der Waals surface area (Å²) in [5, 5.41) is 3.20. The summed E-state index contributed by atoms with van der Waals surface area (Å²) in [4.78, 5) is 12.3. The van der Waals surface area contributed by atoms with Gasteiger partial charge in [0.25, 0.3) is 0 Å². The van der Waals surface area contributed by atoms with E-state index in [1.165, 1.54) is 38.5 Å². The summed E-state index contributed by atoms with van der Waals surface area (Å²) in [5.41, 5.74) is 0. The number of carbonyl (C=O) groups excluding carboxylic acids is 1. The van der Waals surface area contributed by atoms with E-state index < -0.39 is 9.84 Å². The van der Waals surface area contributed by atoms with Crippen molar-refractivity contribution < 1.29 is 13.2 Å². The molecule has 5 heteroatoms. The van der Waals surface area contributed by atoms with Gasteiger partial charge in [-0.3, -0.25) is 4.79 Å². The minimum atomic E-state index is -2.96. The minimum absolute atomic E-state index is 0.00938. The van der Waals surface area contributed by atoms with Gasteiger partial charge in [0, 0.05) is 6.04 Å². The van der Waals surface area contributed by atoms with Crippen LogP contribution in [0.1, 0.15) is 44.9 Å². The molecule has 3 fully saturated rings. The second kappa shape index (κ2) is 5.08. The van der Waals surface area contributed by atoms with Gasteiger partial charge in [-0.1, -0.05) is 12.8 Å². The quantitative estimate of drug-likeness (QED) is 0.851. The summed E-state index contributed by atoms with van der Waals surface area (Å²) in [6.07, 6.45) is 7.98. The summed E-state index contributed by atoms with van der Waals surface area (Å²) in [6.45, 7) is 0. The van der Waals surface area contributed by atoms with E-state index in [0.717, 1.165) is 0 Å².